The molecule has 1 N–H and O–H groups in total. The first-order valence-electron chi connectivity index (χ1n) is 10.3. The number of amides is 2. The van der Waals surface area contributed by atoms with Crippen LogP contribution in [-0.4, -0.2) is 36.2 Å². The number of aromatic nitrogens is 1. The molecule has 0 saturated carbocycles. The minimum atomic E-state index is -0.298. The molecule has 7 heteroatoms. The number of fused-ring (bicyclic) bond motifs is 1. The SMILES string of the molecule is COc1cccc(C2=Nc3cccnc3N(CC(=O)Nc3cccc(C)c3C)C(=O)C2)c1. The van der Waals surface area contributed by atoms with Crippen molar-refractivity contribution in [1.82, 2.24) is 4.98 Å². The number of carbonyl (C=O) groups is 2. The zero-order valence-electron chi connectivity index (χ0n) is 18.3. The normalized spacial score (nSPS) is 13.2. The molecule has 0 saturated heterocycles. The van der Waals surface area contributed by atoms with Gasteiger partial charge in [-0.3, -0.25) is 14.5 Å². The number of carbonyl (C=O) groups excluding carboxylic acids is 2. The molecule has 0 bridgehead atoms. The quantitative estimate of drug-likeness (QED) is 0.660. The number of hydrogen-bond acceptors (Lipinski definition) is 5. The van der Waals surface area contributed by atoms with Crippen molar-refractivity contribution in [2.24, 2.45) is 4.99 Å². The molecule has 1 aromatic heterocycles. The lowest BCUT2D eigenvalue weighted by Gasteiger charge is -2.21. The van der Waals surface area contributed by atoms with Crippen LogP contribution in [0.2, 0.25) is 0 Å². The lowest BCUT2D eigenvalue weighted by Crippen LogP contribution is -2.39. The Labute approximate surface area is 186 Å². The smallest absolute Gasteiger partial charge is 0.244 e. The van der Waals surface area contributed by atoms with Crippen LogP contribution in [0.5, 0.6) is 5.75 Å². The fourth-order valence-corrected chi connectivity index (χ4v) is 3.58. The van der Waals surface area contributed by atoms with Gasteiger partial charge in [-0.05, 0) is 55.3 Å². The molecule has 1 aliphatic rings. The first-order valence-corrected chi connectivity index (χ1v) is 10.3. The van der Waals surface area contributed by atoms with E-state index < -0.39 is 0 Å². The summed E-state index contributed by atoms with van der Waals surface area (Å²) >= 11 is 0. The molecule has 0 unspecified atom stereocenters. The number of pyridine rings is 1. The molecule has 2 aromatic carbocycles. The van der Waals surface area contributed by atoms with Crippen LogP contribution >= 0.6 is 0 Å². The number of methoxy groups -OCH3 is 1. The predicted octanol–water partition coefficient (Wildman–Crippen LogP) is 4.20. The fourth-order valence-electron chi connectivity index (χ4n) is 3.58. The van der Waals surface area contributed by atoms with Crippen molar-refractivity contribution in [2.45, 2.75) is 20.3 Å². The Morgan fingerprint density at radius 1 is 1.12 bits per heavy atom. The number of nitrogens with one attached hydrogen (secondary N) is 1. The molecule has 32 heavy (non-hydrogen) atoms. The number of rotatable bonds is 5. The summed E-state index contributed by atoms with van der Waals surface area (Å²) < 4.78 is 5.31. The zero-order chi connectivity index (χ0) is 22.7. The summed E-state index contributed by atoms with van der Waals surface area (Å²) in [6, 6.07) is 16.7. The highest BCUT2D eigenvalue weighted by Gasteiger charge is 2.28. The third kappa shape index (κ3) is 4.37. The number of benzene rings is 2. The van der Waals surface area contributed by atoms with Crippen LogP contribution in [0.1, 0.15) is 23.1 Å². The van der Waals surface area contributed by atoms with E-state index in [1.807, 2.05) is 56.3 Å². The molecule has 0 aliphatic carbocycles. The Morgan fingerprint density at radius 3 is 2.75 bits per heavy atom. The number of ether oxygens (including phenoxy) is 1. The van der Waals surface area contributed by atoms with Crippen LogP contribution in [0.4, 0.5) is 17.2 Å². The van der Waals surface area contributed by atoms with Crippen LogP contribution in [0.25, 0.3) is 0 Å². The number of anilines is 2. The Morgan fingerprint density at radius 2 is 1.94 bits per heavy atom. The van der Waals surface area contributed by atoms with Gasteiger partial charge in [0.25, 0.3) is 0 Å². The average molecular weight is 428 g/mol. The predicted molar refractivity (Wildman–Crippen MR) is 125 cm³/mol. The Balaban J connectivity index is 1.62. The van der Waals surface area contributed by atoms with E-state index in [-0.39, 0.29) is 24.8 Å². The summed E-state index contributed by atoms with van der Waals surface area (Å²) in [5.41, 5.74) is 4.72. The van der Waals surface area contributed by atoms with E-state index in [4.69, 9.17) is 9.73 Å². The zero-order valence-corrected chi connectivity index (χ0v) is 18.3. The van der Waals surface area contributed by atoms with Crippen molar-refractivity contribution in [2.75, 3.05) is 23.9 Å². The standard InChI is InChI=1S/C25H24N4O3/c1-16-7-4-10-20(17(16)2)28-23(30)15-29-24(31)14-22(18-8-5-9-19(13-18)32-3)27-21-11-6-12-26-25(21)29/h4-13H,14-15H2,1-3H3,(H,28,30). The van der Waals surface area contributed by atoms with Crippen molar-refractivity contribution in [3.8, 4) is 5.75 Å². The first-order chi connectivity index (χ1) is 15.5. The lowest BCUT2D eigenvalue weighted by molar-refractivity contribution is -0.120. The van der Waals surface area contributed by atoms with Crippen molar-refractivity contribution in [3.63, 3.8) is 0 Å². The summed E-state index contributed by atoms with van der Waals surface area (Å²) in [6.07, 6.45) is 1.63. The minimum absolute atomic E-state index is 0.0419. The van der Waals surface area contributed by atoms with Gasteiger partial charge in [0.2, 0.25) is 11.8 Å². The molecule has 0 fully saturated rings. The van der Waals surface area contributed by atoms with Crippen LogP contribution in [0.3, 0.4) is 0 Å². The molecule has 3 aromatic rings. The molecule has 2 amide bonds. The van der Waals surface area contributed by atoms with Crippen LogP contribution in [0, 0.1) is 13.8 Å². The van der Waals surface area contributed by atoms with Gasteiger partial charge in [0.05, 0.1) is 19.2 Å². The molecule has 162 valence electrons. The Kier molecular flexibility index (Phi) is 5.98. The maximum absolute atomic E-state index is 13.2. The van der Waals surface area contributed by atoms with Gasteiger partial charge in [0.15, 0.2) is 5.82 Å². The molecule has 1 aliphatic heterocycles. The summed E-state index contributed by atoms with van der Waals surface area (Å²) in [5.74, 6) is 0.498. The van der Waals surface area contributed by atoms with E-state index >= 15 is 0 Å². The molecular formula is C25H24N4O3. The van der Waals surface area contributed by atoms with Gasteiger partial charge < -0.3 is 10.1 Å². The van der Waals surface area contributed by atoms with E-state index in [1.165, 1.54) is 4.90 Å². The van der Waals surface area contributed by atoms with Gasteiger partial charge >= 0.3 is 0 Å². The average Bonchev–Trinajstić information content (AvgIpc) is 2.93. The van der Waals surface area contributed by atoms with E-state index in [1.54, 1.807) is 25.4 Å². The third-order valence-corrected chi connectivity index (χ3v) is 5.48. The lowest BCUT2D eigenvalue weighted by atomic mass is 10.1. The maximum atomic E-state index is 13.2. The molecule has 4 rings (SSSR count). The van der Waals surface area contributed by atoms with Gasteiger partial charge in [0.1, 0.15) is 18.0 Å². The van der Waals surface area contributed by atoms with E-state index in [2.05, 4.69) is 10.3 Å². The summed E-state index contributed by atoms with van der Waals surface area (Å²) in [4.78, 5) is 36.5. The first kappa shape index (κ1) is 21.2. The molecule has 0 atom stereocenters. The summed E-state index contributed by atoms with van der Waals surface area (Å²) in [7, 11) is 1.59. The second-order valence-electron chi connectivity index (χ2n) is 7.59. The molecule has 7 nitrogen and oxygen atoms in total. The number of hydrogen-bond donors (Lipinski definition) is 1. The van der Waals surface area contributed by atoms with Gasteiger partial charge in [-0.2, -0.15) is 0 Å². The highest BCUT2D eigenvalue weighted by atomic mass is 16.5. The summed E-state index contributed by atoms with van der Waals surface area (Å²) in [5, 5.41) is 2.91. The maximum Gasteiger partial charge on any atom is 0.244 e. The van der Waals surface area contributed by atoms with Crippen molar-refractivity contribution >= 4 is 34.7 Å². The molecular weight excluding hydrogens is 404 g/mol. The highest BCUT2D eigenvalue weighted by Crippen LogP contribution is 2.31. The van der Waals surface area contributed by atoms with Gasteiger partial charge in [0, 0.05) is 17.4 Å². The second kappa shape index (κ2) is 9.01. The Bertz CT molecular complexity index is 1220. The van der Waals surface area contributed by atoms with E-state index in [0.717, 1.165) is 22.4 Å². The van der Waals surface area contributed by atoms with Gasteiger partial charge in [-0.15, -0.1) is 0 Å². The third-order valence-electron chi connectivity index (χ3n) is 5.48. The molecule has 0 spiro atoms. The second-order valence-corrected chi connectivity index (χ2v) is 7.59. The number of aryl methyl sites for hydroxylation is 1. The number of nitrogens with zero attached hydrogens (tertiary/aromatic N) is 3. The van der Waals surface area contributed by atoms with Crippen molar-refractivity contribution in [1.29, 1.82) is 0 Å². The van der Waals surface area contributed by atoms with Crippen LogP contribution < -0.4 is 15.0 Å². The Hall–Kier alpha value is -4.00. The van der Waals surface area contributed by atoms with Crippen molar-refractivity contribution in [3.05, 3.63) is 77.5 Å². The highest BCUT2D eigenvalue weighted by molar-refractivity contribution is 6.18. The topological polar surface area (TPSA) is 83.9 Å². The van der Waals surface area contributed by atoms with Gasteiger partial charge in [-0.25, -0.2) is 9.98 Å². The molecule has 0 radical (unpaired) electrons. The fraction of sp³-hybridized carbons (Fsp3) is 0.200. The largest absolute Gasteiger partial charge is 0.497 e. The number of aliphatic imine (C=N–C) groups is 1. The van der Waals surface area contributed by atoms with E-state index in [9.17, 15) is 9.59 Å². The van der Waals surface area contributed by atoms with E-state index in [0.29, 0.717) is 23.0 Å². The monoisotopic (exact) mass is 428 g/mol. The van der Waals surface area contributed by atoms with Gasteiger partial charge in [-0.1, -0.05) is 24.3 Å². The molecule has 2 heterocycles. The van der Waals surface area contributed by atoms with Crippen LogP contribution in [0.15, 0.2) is 65.8 Å². The van der Waals surface area contributed by atoms with Crippen molar-refractivity contribution < 1.29 is 14.3 Å². The minimum Gasteiger partial charge on any atom is -0.497 e. The summed E-state index contributed by atoms with van der Waals surface area (Å²) in [6.45, 7) is 3.78. The van der Waals surface area contributed by atoms with Crippen LogP contribution in [-0.2, 0) is 9.59 Å².